The van der Waals surface area contributed by atoms with Crippen LogP contribution in [0.15, 0.2) is 18.2 Å². The van der Waals surface area contributed by atoms with Gasteiger partial charge in [0.15, 0.2) is 0 Å². The van der Waals surface area contributed by atoms with Crippen LogP contribution in [0, 0.1) is 0 Å². The zero-order chi connectivity index (χ0) is 9.26. The number of hydrogen-bond acceptors (Lipinski definition) is 2. The first kappa shape index (κ1) is 8.26. The van der Waals surface area contributed by atoms with Gasteiger partial charge in [-0.25, -0.2) is 4.79 Å². The summed E-state index contributed by atoms with van der Waals surface area (Å²) < 4.78 is 0. The molecule has 2 rings (SSSR count). The number of fused-ring (bicyclic) bond motifs is 1. The minimum absolute atomic E-state index is 0.435. The summed E-state index contributed by atoms with van der Waals surface area (Å²) in [4.78, 5) is 10.8. The Hall–Kier alpha value is -1.35. The normalized spacial score (nSPS) is 15.1. The first-order valence-electron chi connectivity index (χ1n) is 4.34. The second-order valence-corrected chi connectivity index (χ2v) is 3.18. The van der Waals surface area contributed by atoms with E-state index in [4.69, 9.17) is 5.11 Å². The third-order valence-electron chi connectivity index (χ3n) is 2.38. The first-order valence-corrected chi connectivity index (χ1v) is 4.34. The van der Waals surface area contributed by atoms with Crippen molar-refractivity contribution in [2.45, 2.75) is 13.0 Å². The van der Waals surface area contributed by atoms with Gasteiger partial charge in [0.05, 0.1) is 5.56 Å². The predicted molar refractivity (Wildman–Crippen MR) is 48.8 cm³/mol. The Morgan fingerprint density at radius 2 is 2.31 bits per heavy atom. The van der Waals surface area contributed by atoms with Crippen LogP contribution in [0.25, 0.3) is 0 Å². The maximum absolute atomic E-state index is 10.8. The molecule has 0 radical (unpaired) electrons. The van der Waals surface area contributed by atoms with Crippen LogP contribution in [0.5, 0.6) is 0 Å². The van der Waals surface area contributed by atoms with E-state index in [1.54, 1.807) is 6.07 Å². The Kier molecular flexibility index (Phi) is 2.02. The minimum atomic E-state index is -0.833. The van der Waals surface area contributed by atoms with Gasteiger partial charge in [0.25, 0.3) is 0 Å². The first-order chi connectivity index (χ1) is 6.29. The number of carboxylic acids is 1. The van der Waals surface area contributed by atoms with E-state index < -0.39 is 5.97 Å². The van der Waals surface area contributed by atoms with E-state index >= 15 is 0 Å². The standard InChI is InChI=1S/C10H11NO2/c12-10(13)8-3-1-2-7-4-5-11-6-9(7)8/h1-3,11H,4-6H2,(H,12,13). The molecule has 0 saturated heterocycles. The molecule has 2 N–H and O–H groups in total. The molecule has 1 aliphatic rings. The highest BCUT2D eigenvalue weighted by molar-refractivity contribution is 5.89. The molecule has 1 aliphatic heterocycles. The molecule has 68 valence electrons. The third kappa shape index (κ3) is 1.42. The molecule has 13 heavy (non-hydrogen) atoms. The van der Waals surface area contributed by atoms with Crippen molar-refractivity contribution in [1.82, 2.24) is 5.32 Å². The van der Waals surface area contributed by atoms with Gasteiger partial charge in [0.1, 0.15) is 0 Å². The lowest BCUT2D eigenvalue weighted by Gasteiger charge is -2.18. The van der Waals surface area contributed by atoms with E-state index in [-0.39, 0.29) is 0 Å². The van der Waals surface area contributed by atoms with Crippen LogP contribution in [0.3, 0.4) is 0 Å². The van der Waals surface area contributed by atoms with E-state index in [1.165, 1.54) is 5.56 Å². The lowest BCUT2D eigenvalue weighted by atomic mass is 9.96. The summed E-state index contributed by atoms with van der Waals surface area (Å²) in [5.41, 5.74) is 2.55. The van der Waals surface area contributed by atoms with E-state index in [2.05, 4.69) is 5.32 Å². The predicted octanol–water partition coefficient (Wildman–Crippen LogP) is 1.03. The fourth-order valence-electron chi connectivity index (χ4n) is 1.71. The second-order valence-electron chi connectivity index (χ2n) is 3.18. The maximum atomic E-state index is 10.8. The molecule has 3 nitrogen and oxygen atoms in total. The molecule has 0 aromatic heterocycles. The topological polar surface area (TPSA) is 49.3 Å². The summed E-state index contributed by atoms with van der Waals surface area (Å²) in [7, 11) is 0. The van der Waals surface area contributed by atoms with E-state index in [0.717, 1.165) is 18.5 Å². The summed E-state index contributed by atoms with van der Waals surface area (Å²) in [6, 6.07) is 5.48. The highest BCUT2D eigenvalue weighted by Gasteiger charge is 2.15. The zero-order valence-corrected chi connectivity index (χ0v) is 7.21. The molecule has 0 bridgehead atoms. The molecule has 0 fully saturated rings. The summed E-state index contributed by atoms with van der Waals surface area (Å²) in [6.45, 7) is 1.62. The molecular formula is C10H11NO2. The van der Waals surface area contributed by atoms with Gasteiger partial charge >= 0.3 is 5.97 Å². The lowest BCUT2D eigenvalue weighted by Crippen LogP contribution is -2.25. The van der Waals surface area contributed by atoms with Crippen LogP contribution >= 0.6 is 0 Å². The van der Waals surface area contributed by atoms with Gasteiger partial charge in [0, 0.05) is 6.54 Å². The Morgan fingerprint density at radius 1 is 1.46 bits per heavy atom. The number of rotatable bonds is 1. The SMILES string of the molecule is O=C(O)c1cccc2c1CNCC2. The molecule has 1 heterocycles. The number of carbonyl (C=O) groups is 1. The molecule has 0 spiro atoms. The lowest BCUT2D eigenvalue weighted by molar-refractivity contribution is 0.0695. The third-order valence-corrected chi connectivity index (χ3v) is 2.38. The van der Waals surface area contributed by atoms with Crippen molar-refractivity contribution in [3.63, 3.8) is 0 Å². The number of aromatic carboxylic acids is 1. The van der Waals surface area contributed by atoms with Crippen molar-refractivity contribution in [3.8, 4) is 0 Å². The molecule has 0 atom stereocenters. The number of benzene rings is 1. The maximum Gasteiger partial charge on any atom is 0.336 e. The van der Waals surface area contributed by atoms with Crippen molar-refractivity contribution in [3.05, 3.63) is 34.9 Å². The zero-order valence-electron chi connectivity index (χ0n) is 7.21. The number of nitrogens with one attached hydrogen (secondary N) is 1. The Morgan fingerprint density at radius 3 is 3.08 bits per heavy atom. The second kappa shape index (κ2) is 3.18. The van der Waals surface area contributed by atoms with Crippen molar-refractivity contribution >= 4 is 5.97 Å². The summed E-state index contributed by atoms with van der Waals surface area (Å²) in [6.07, 6.45) is 0.927. The van der Waals surface area contributed by atoms with Gasteiger partial charge in [0.2, 0.25) is 0 Å². The van der Waals surface area contributed by atoms with Gasteiger partial charge in [-0.2, -0.15) is 0 Å². The Bertz CT molecular complexity index is 347. The van der Waals surface area contributed by atoms with E-state index in [9.17, 15) is 4.79 Å². The van der Waals surface area contributed by atoms with Gasteiger partial charge in [-0.05, 0) is 30.2 Å². The Balaban J connectivity index is 2.52. The molecule has 0 unspecified atom stereocenters. The highest BCUT2D eigenvalue weighted by Crippen LogP contribution is 2.18. The van der Waals surface area contributed by atoms with Crippen molar-refractivity contribution in [1.29, 1.82) is 0 Å². The fraction of sp³-hybridized carbons (Fsp3) is 0.300. The molecule has 0 saturated carbocycles. The van der Waals surface area contributed by atoms with Crippen LogP contribution in [-0.2, 0) is 13.0 Å². The number of hydrogen-bond donors (Lipinski definition) is 2. The molecule has 0 aliphatic carbocycles. The fourth-order valence-corrected chi connectivity index (χ4v) is 1.71. The van der Waals surface area contributed by atoms with Gasteiger partial charge in [-0.1, -0.05) is 12.1 Å². The molecule has 1 aromatic carbocycles. The summed E-state index contributed by atoms with van der Waals surface area (Å²) in [5.74, 6) is -0.833. The van der Waals surface area contributed by atoms with Crippen molar-refractivity contribution in [2.75, 3.05) is 6.54 Å². The quantitative estimate of drug-likeness (QED) is 0.673. The largest absolute Gasteiger partial charge is 0.478 e. The van der Waals surface area contributed by atoms with Crippen molar-refractivity contribution < 1.29 is 9.90 Å². The average molecular weight is 177 g/mol. The van der Waals surface area contributed by atoms with Crippen LogP contribution in [0.4, 0.5) is 0 Å². The summed E-state index contributed by atoms with van der Waals surface area (Å²) in [5, 5.41) is 12.1. The molecule has 3 heteroatoms. The minimum Gasteiger partial charge on any atom is -0.478 e. The van der Waals surface area contributed by atoms with Crippen LogP contribution < -0.4 is 5.32 Å². The monoisotopic (exact) mass is 177 g/mol. The van der Waals surface area contributed by atoms with Gasteiger partial charge < -0.3 is 10.4 Å². The van der Waals surface area contributed by atoms with Crippen LogP contribution in [-0.4, -0.2) is 17.6 Å². The molecule has 1 aromatic rings. The summed E-state index contributed by atoms with van der Waals surface area (Å²) >= 11 is 0. The van der Waals surface area contributed by atoms with Gasteiger partial charge in [-0.3, -0.25) is 0 Å². The average Bonchev–Trinajstić information content (AvgIpc) is 2.17. The highest BCUT2D eigenvalue weighted by atomic mass is 16.4. The van der Waals surface area contributed by atoms with E-state index in [1.807, 2.05) is 12.1 Å². The van der Waals surface area contributed by atoms with Crippen LogP contribution in [0.2, 0.25) is 0 Å². The number of carboxylic acid groups (broad SMARTS) is 1. The van der Waals surface area contributed by atoms with Crippen molar-refractivity contribution in [2.24, 2.45) is 0 Å². The van der Waals surface area contributed by atoms with Gasteiger partial charge in [-0.15, -0.1) is 0 Å². The Labute approximate surface area is 76.4 Å². The molecule has 0 amide bonds. The van der Waals surface area contributed by atoms with Crippen LogP contribution in [0.1, 0.15) is 21.5 Å². The van der Waals surface area contributed by atoms with E-state index in [0.29, 0.717) is 12.1 Å². The smallest absolute Gasteiger partial charge is 0.336 e. The molecular weight excluding hydrogens is 166 g/mol.